The van der Waals surface area contributed by atoms with Crippen LogP contribution < -0.4 is 11.1 Å². The van der Waals surface area contributed by atoms with Crippen LogP contribution in [0.1, 0.15) is 21.5 Å². The maximum absolute atomic E-state index is 13.1. The number of halogens is 1. The Labute approximate surface area is 121 Å². The highest BCUT2D eigenvalue weighted by Gasteiger charge is 2.09. The lowest BCUT2D eigenvalue weighted by Gasteiger charge is -2.10. The number of anilines is 1. The molecule has 0 aromatic heterocycles. The van der Waals surface area contributed by atoms with Gasteiger partial charge in [-0.3, -0.25) is 4.79 Å². The van der Waals surface area contributed by atoms with Crippen LogP contribution in [0, 0.1) is 12.7 Å². The van der Waals surface area contributed by atoms with Crippen molar-refractivity contribution in [1.29, 1.82) is 0 Å². The van der Waals surface area contributed by atoms with Crippen LogP contribution in [0.2, 0.25) is 0 Å². The SMILES string of the molecule is Cc1ccc(C(N)=S)cc1NC(=O)c1cccc(F)c1. The quantitative estimate of drug-likeness (QED) is 0.854. The lowest BCUT2D eigenvalue weighted by atomic mass is 10.1. The normalized spacial score (nSPS) is 10.1. The summed E-state index contributed by atoms with van der Waals surface area (Å²) in [5.41, 5.74) is 7.96. The average Bonchev–Trinajstić information content (AvgIpc) is 2.41. The molecular weight excluding hydrogens is 275 g/mol. The third kappa shape index (κ3) is 3.19. The number of carbonyl (C=O) groups excluding carboxylic acids is 1. The van der Waals surface area contributed by atoms with Gasteiger partial charge in [-0.15, -0.1) is 0 Å². The number of thiocarbonyl (C=S) groups is 1. The third-order valence-corrected chi connectivity index (χ3v) is 3.09. The molecule has 0 spiro atoms. The maximum atomic E-state index is 13.1. The summed E-state index contributed by atoms with van der Waals surface area (Å²) in [4.78, 5) is 12.3. The molecule has 0 fully saturated rings. The molecule has 0 bridgehead atoms. The number of nitrogens with one attached hydrogen (secondary N) is 1. The highest BCUT2D eigenvalue weighted by atomic mass is 32.1. The van der Waals surface area contributed by atoms with Gasteiger partial charge in [0, 0.05) is 16.8 Å². The Balaban J connectivity index is 2.27. The molecule has 0 aliphatic rings. The predicted molar refractivity (Wildman–Crippen MR) is 81.4 cm³/mol. The number of carbonyl (C=O) groups is 1. The molecule has 0 saturated heterocycles. The minimum atomic E-state index is -0.453. The summed E-state index contributed by atoms with van der Waals surface area (Å²) in [7, 11) is 0. The summed E-state index contributed by atoms with van der Waals surface area (Å²) in [6.45, 7) is 1.85. The van der Waals surface area contributed by atoms with Crippen LogP contribution in [0.5, 0.6) is 0 Å². The van der Waals surface area contributed by atoms with Gasteiger partial charge >= 0.3 is 0 Å². The van der Waals surface area contributed by atoms with Crippen molar-refractivity contribution in [3.63, 3.8) is 0 Å². The lowest BCUT2D eigenvalue weighted by molar-refractivity contribution is 0.102. The summed E-state index contributed by atoms with van der Waals surface area (Å²) in [5, 5.41) is 2.73. The molecule has 0 atom stereocenters. The summed E-state index contributed by atoms with van der Waals surface area (Å²) >= 11 is 4.90. The summed E-state index contributed by atoms with van der Waals surface area (Å²) in [6.07, 6.45) is 0. The highest BCUT2D eigenvalue weighted by molar-refractivity contribution is 7.80. The van der Waals surface area contributed by atoms with Gasteiger partial charge in [-0.1, -0.05) is 30.4 Å². The number of amides is 1. The number of hydrogen-bond acceptors (Lipinski definition) is 2. The van der Waals surface area contributed by atoms with Crippen LogP contribution in [0.3, 0.4) is 0 Å². The Morgan fingerprint density at radius 1 is 1.20 bits per heavy atom. The molecule has 0 saturated carbocycles. The zero-order valence-electron chi connectivity index (χ0n) is 10.8. The van der Waals surface area contributed by atoms with Crippen molar-refractivity contribution in [2.24, 2.45) is 5.73 Å². The number of rotatable bonds is 3. The number of nitrogens with two attached hydrogens (primary N) is 1. The minimum absolute atomic E-state index is 0.255. The number of aryl methyl sites for hydroxylation is 1. The van der Waals surface area contributed by atoms with Crippen molar-refractivity contribution < 1.29 is 9.18 Å². The molecule has 0 aliphatic heterocycles. The van der Waals surface area contributed by atoms with E-state index >= 15 is 0 Å². The van der Waals surface area contributed by atoms with Crippen LogP contribution in [0.15, 0.2) is 42.5 Å². The molecule has 0 aliphatic carbocycles. The van der Waals surface area contributed by atoms with Gasteiger partial charge in [0.15, 0.2) is 0 Å². The molecule has 2 aromatic rings. The second-order valence-corrected chi connectivity index (χ2v) is 4.80. The molecule has 102 valence electrons. The van der Waals surface area contributed by atoms with Crippen molar-refractivity contribution >= 4 is 28.8 Å². The monoisotopic (exact) mass is 288 g/mol. The topological polar surface area (TPSA) is 55.1 Å². The van der Waals surface area contributed by atoms with Gasteiger partial charge in [-0.05, 0) is 36.8 Å². The summed E-state index contributed by atoms with van der Waals surface area (Å²) in [6, 6.07) is 10.8. The first-order valence-corrected chi connectivity index (χ1v) is 6.35. The zero-order chi connectivity index (χ0) is 14.7. The van der Waals surface area contributed by atoms with Crippen molar-refractivity contribution in [2.45, 2.75) is 6.92 Å². The minimum Gasteiger partial charge on any atom is -0.389 e. The van der Waals surface area contributed by atoms with Gasteiger partial charge in [0.05, 0.1) is 0 Å². The van der Waals surface area contributed by atoms with Gasteiger partial charge in [0.2, 0.25) is 0 Å². The third-order valence-electron chi connectivity index (χ3n) is 2.86. The molecule has 0 unspecified atom stereocenters. The van der Waals surface area contributed by atoms with E-state index in [1.165, 1.54) is 18.2 Å². The lowest BCUT2D eigenvalue weighted by Crippen LogP contribution is -2.15. The molecule has 1 amide bonds. The Hall–Kier alpha value is -2.27. The van der Waals surface area contributed by atoms with Crippen molar-refractivity contribution in [3.8, 4) is 0 Å². The van der Waals surface area contributed by atoms with E-state index in [9.17, 15) is 9.18 Å². The van der Waals surface area contributed by atoms with E-state index in [1.54, 1.807) is 18.2 Å². The van der Waals surface area contributed by atoms with Crippen LogP contribution in [-0.4, -0.2) is 10.9 Å². The Morgan fingerprint density at radius 3 is 2.60 bits per heavy atom. The molecule has 0 heterocycles. The standard InChI is InChI=1S/C15H13FN2OS/c1-9-5-6-10(14(17)20)8-13(9)18-15(19)11-3-2-4-12(16)7-11/h2-8H,1H3,(H2,17,20)(H,18,19). The fourth-order valence-corrected chi connectivity index (χ4v) is 1.86. The first-order valence-electron chi connectivity index (χ1n) is 5.95. The van der Waals surface area contributed by atoms with E-state index < -0.39 is 5.82 Å². The van der Waals surface area contributed by atoms with E-state index in [-0.39, 0.29) is 16.5 Å². The molecule has 2 aromatic carbocycles. The molecule has 0 radical (unpaired) electrons. The van der Waals surface area contributed by atoms with Gasteiger partial charge in [-0.25, -0.2) is 4.39 Å². The van der Waals surface area contributed by atoms with Crippen molar-refractivity contribution in [1.82, 2.24) is 0 Å². The number of hydrogen-bond donors (Lipinski definition) is 2. The summed E-state index contributed by atoms with van der Waals surface area (Å²) in [5.74, 6) is -0.834. The van der Waals surface area contributed by atoms with E-state index in [2.05, 4.69) is 5.32 Å². The van der Waals surface area contributed by atoms with Crippen LogP contribution in [0.4, 0.5) is 10.1 Å². The Morgan fingerprint density at radius 2 is 1.95 bits per heavy atom. The van der Waals surface area contributed by atoms with Crippen LogP contribution in [-0.2, 0) is 0 Å². The Bertz CT molecular complexity index is 685. The largest absolute Gasteiger partial charge is 0.389 e. The van der Waals surface area contributed by atoms with Gasteiger partial charge in [0.25, 0.3) is 5.91 Å². The van der Waals surface area contributed by atoms with Crippen molar-refractivity contribution in [3.05, 3.63) is 65.0 Å². The van der Waals surface area contributed by atoms with Gasteiger partial charge in [-0.2, -0.15) is 0 Å². The molecule has 3 N–H and O–H groups in total. The van der Waals surface area contributed by atoms with Crippen LogP contribution in [0.25, 0.3) is 0 Å². The van der Waals surface area contributed by atoms with Crippen molar-refractivity contribution in [2.75, 3.05) is 5.32 Å². The van der Waals surface area contributed by atoms with E-state index in [0.29, 0.717) is 11.3 Å². The molecule has 2 rings (SSSR count). The highest BCUT2D eigenvalue weighted by Crippen LogP contribution is 2.18. The molecule has 20 heavy (non-hydrogen) atoms. The second kappa shape index (κ2) is 5.79. The maximum Gasteiger partial charge on any atom is 0.255 e. The molecular formula is C15H13FN2OS. The zero-order valence-corrected chi connectivity index (χ0v) is 11.6. The average molecular weight is 288 g/mol. The van der Waals surface area contributed by atoms with Gasteiger partial charge < -0.3 is 11.1 Å². The van der Waals surface area contributed by atoms with E-state index in [0.717, 1.165) is 5.56 Å². The molecule has 3 nitrogen and oxygen atoms in total. The van der Waals surface area contributed by atoms with Crippen LogP contribution >= 0.6 is 12.2 Å². The Kier molecular flexibility index (Phi) is 4.10. The van der Waals surface area contributed by atoms with E-state index in [1.807, 2.05) is 13.0 Å². The van der Waals surface area contributed by atoms with E-state index in [4.69, 9.17) is 18.0 Å². The summed E-state index contributed by atoms with van der Waals surface area (Å²) < 4.78 is 13.1. The van der Waals surface area contributed by atoms with Gasteiger partial charge in [0.1, 0.15) is 10.8 Å². The predicted octanol–water partition coefficient (Wildman–Crippen LogP) is 3.02. The first kappa shape index (κ1) is 14.1. The molecule has 5 heteroatoms. The smallest absolute Gasteiger partial charge is 0.255 e. The number of benzene rings is 2. The first-order chi connectivity index (χ1) is 9.47. The second-order valence-electron chi connectivity index (χ2n) is 4.36. The fraction of sp³-hybridized carbons (Fsp3) is 0.0667. The fourth-order valence-electron chi connectivity index (χ4n) is 1.73.